The lowest BCUT2D eigenvalue weighted by Gasteiger charge is -2.22. The van der Waals surface area contributed by atoms with Crippen molar-refractivity contribution in [3.8, 4) is 0 Å². The molecule has 0 spiro atoms. The highest BCUT2D eigenvalue weighted by Gasteiger charge is 2.48. The predicted octanol–water partition coefficient (Wildman–Crippen LogP) is 2.52. The molecular weight excluding hydrogens is 342 g/mol. The lowest BCUT2D eigenvalue weighted by molar-refractivity contribution is -0.179. The molecule has 0 saturated carbocycles. The highest BCUT2D eigenvalue weighted by atomic mass is 16.6. The fraction of sp³-hybridized carbons (Fsp3) is 0.389. The standard InChI is InChI=1S/C18H21NO7/c1-17(2,3)26-16(24)19-10-11(12-7-5-6-8-13(12)19)9-18(25-4,14(20)21)15(22)23/h5-8,10H,9H2,1-4H3,(H,20,21)(H,22,23). The average Bonchev–Trinajstić information content (AvgIpc) is 2.89. The van der Waals surface area contributed by atoms with Crippen LogP contribution in [-0.4, -0.2) is 51.1 Å². The number of rotatable bonds is 5. The van der Waals surface area contributed by atoms with Crippen molar-refractivity contribution in [1.29, 1.82) is 0 Å². The maximum absolute atomic E-state index is 12.5. The number of hydrogen-bond acceptors (Lipinski definition) is 5. The monoisotopic (exact) mass is 363 g/mol. The van der Waals surface area contributed by atoms with Crippen molar-refractivity contribution in [2.45, 2.75) is 38.4 Å². The quantitative estimate of drug-likeness (QED) is 0.784. The van der Waals surface area contributed by atoms with Gasteiger partial charge < -0.3 is 19.7 Å². The molecule has 0 bridgehead atoms. The molecule has 1 aromatic heterocycles. The van der Waals surface area contributed by atoms with Crippen LogP contribution in [0.4, 0.5) is 4.79 Å². The molecule has 0 fully saturated rings. The number of methoxy groups -OCH3 is 1. The summed E-state index contributed by atoms with van der Waals surface area (Å²) in [5.41, 5.74) is -2.35. The summed E-state index contributed by atoms with van der Waals surface area (Å²) in [5, 5.41) is 19.3. The van der Waals surface area contributed by atoms with Gasteiger partial charge in [0.2, 0.25) is 0 Å². The fourth-order valence-electron chi connectivity index (χ4n) is 2.61. The van der Waals surface area contributed by atoms with Gasteiger partial charge >= 0.3 is 18.0 Å². The Balaban J connectivity index is 2.57. The van der Waals surface area contributed by atoms with Crippen LogP contribution in [0.25, 0.3) is 10.9 Å². The Morgan fingerprint density at radius 1 is 1.08 bits per heavy atom. The first-order valence-corrected chi connectivity index (χ1v) is 7.86. The number of carboxylic acid groups (broad SMARTS) is 2. The van der Waals surface area contributed by atoms with Crippen molar-refractivity contribution in [2.75, 3.05) is 7.11 Å². The number of carbonyl (C=O) groups excluding carboxylic acids is 1. The zero-order valence-electron chi connectivity index (χ0n) is 15.0. The van der Waals surface area contributed by atoms with Crippen LogP contribution in [0.1, 0.15) is 26.3 Å². The van der Waals surface area contributed by atoms with E-state index < -0.39 is 35.7 Å². The molecule has 0 atom stereocenters. The van der Waals surface area contributed by atoms with Crippen LogP contribution < -0.4 is 0 Å². The predicted molar refractivity (Wildman–Crippen MR) is 92.3 cm³/mol. The molecule has 0 aliphatic rings. The maximum atomic E-state index is 12.5. The molecule has 8 nitrogen and oxygen atoms in total. The SMILES string of the molecule is COC(Cc1cn(C(=O)OC(C)(C)C)c2ccccc12)(C(=O)O)C(=O)O. The third-order valence-electron chi connectivity index (χ3n) is 3.86. The molecule has 26 heavy (non-hydrogen) atoms. The van der Waals surface area contributed by atoms with E-state index in [1.165, 1.54) is 10.8 Å². The average molecular weight is 363 g/mol. The zero-order chi connectivity index (χ0) is 19.7. The molecule has 0 aliphatic heterocycles. The van der Waals surface area contributed by atoms with Gasteiger partial charge in [-0.3, -0.25) is 4.57 Å². The number of hydrogen-bond donors (Lipinski definition) is 2. The molecular formula is C18H21NO7. The van der Waals surface area contributed by atoms with Gasteiger partial charge in [0.15, 0.2) is 0 Å². The minimum absolute atomic E-state index is 0.345. The van der Waals surface area contributed by atoms with Gasteiger partial charge in [-0.15, -0.1) is 0 Å². The molecule has 2 N–H and O–H groups in total. The van der Waals surface area contributed by atoms with E-state index in [0.29, 0.717) is 16.5 Å². The largest absolute Gasteiger partial charge is 0.479 e. The number of carboxylic acids is 2. The molecule has 0 saturated heterocycles. The van der Waals surface area contributed by atoms with Crippen molar-refractivity contribution in [2.24, 2.45) is 0 Å². The molecule has 0 aliphatic carbocycles. The van der Waals surface area contributed by atoms with Gasteiger partial charge in [-0.05, 0) is 32.4 Å². The molecule has 2 aromatic rings. The topological polar surface area (TPSA) is 115 Å². The van der Waals surface area contributed by atoms with E-state index in [2.05, 4.69) is 0 Å². The van der Waals surface area contributed by atoms with Gasteiger partial charge in [0.1, 0.15) is 5.60 Å². The molecule has 0 amide bonds. The van der Waals surface area contributed by atoms with E-state index in [4.69, 9.17) is 9.47 Å². The Bertz CT molecular complexity index is 846. The van der Waals surface area contributed by atoms with Crippen LogP contribution in [-0.2, 0) is 25.5 Å². The van der Waals surface area contributed by atoms with Crippen molar-refractivity contribution in [1.82, 2.24) is 4.57 Å². The van der Waals surface area contributed by atoms with E-state index in [-0.39, 0.29) is 0 Å². The second kappa shape index (κ2) is 6.80. The van der Waals surface area contributed by atoms with Crippen LogP contribution in [0.2, 0.25) is 0 Å². The third-order valence-corrected chi connectivity index (χ3v) is 3.86. The summed E-state index contributed by atoms with van der Waals surface area (Å²) in [4.78, 5) is 35.6. The summed E-state index contributed by atoms with van der Waals surface area (Å²) in [6.45, 7) is 5.17. The number of para-hydroxylation sites is 1. The summed E-state index contributed by atoms with van der Waals surface area (Å²) < 4.78 is 11.4. The Hall–Kier alpha value is -2.87. The summed E-state index contributed by atoms with van der Waals surface area (Å²) >= 11 is 0. The number of fused-ring (bicyclic) bond motifs is 1. The highest BCUT2D eigenvalue weighted by Crippen LogP contribution is 2.28. The van der Waals surface area contributed by atoms with Gasteiger partial charge in [-0.1, -0.05) is 18.2 Å². The highest BCUT2D eigenvalue weighted by molar-refractivity contribution is 6.03. The summed E-state index contributed by atoms with van der Waals surface area (Å²) in [6.07, 6.45) is 0.289. The summed E-state index contributed by atoms with van der Waals surface area (Å²) in [5.74, 6) is -3.25. The van der Waals surface area contributed by atoms with Crippen LogP contribution in [0, 0.1) is 0 Å². The number of aliphatic carboxylic acids is 2. The van der Waals surface area contributed by atoms with Gasteiger partial charge in [-0.25, -0.2) is 14.4 Å². The number of benzene rings is 1. The number of nitrogens with zero attached hydrogens (tertiary/aromatic N) is 1. The van der Waals surface area contributed by atoms with E-state index in [1.54, 1.807) is 45.0 Å². The summed E-state index contributed by atoms with van der Waals surface area (Å²) in [7, 11) is 1.02. The second-order valence-corrected chi connectivity index (χ2v) is 6.84. The lowest BCUT2D eigenvalue weighted by atomic mass is 9.94. The Morgan fingerprint density at radius 2 is 1.65 bits per heavy atom. The molecule has 0 unspecified atom stereocenters. The first-order valence-electron chi connectivity index (χ1n) is 7.86. The third kappa shape index (κ3) is 3.55. The first kappa shape index (κ1) is 19.5. The number of carbonyl (C=O) groups is 3. The van der Waals surface area contributed by atoms with Crippen LogP contribution in [0.15, 0.2) is 30.5 Å². The van der Waals surface area contributed by atoms with E-state index in [0.717, 1.165) is 7.11 Å². The van der Waals surface area contributed by atoms with Crippen molar-refractivity contribution in [3.63, 3.8) is 0 Å². The fourth-order valence-corrected chi connectivity index (χ4v) is 2.61. The van der Waals surface area contributed by atoms with Crippen LogP contribution in [0.5, 0.6) is 0 Å². The Kier molecular flexibility index (Phi) is 5.09. The molecule has 8 heteroatoms. The molecule has 1 aromatic carbocycles. The normalized spacial score (nSPS) is 12.2. The first-order chi connectivity index (χ1) is 12.0. The van der Waals surface area contributed by atoms with E-state index in [9.17, 15) is 24.6 Å². The summed E-state index contributed by atoms with van der Waals surface area (Å²) in [6, 6.07) is 6.76. The number of aromatic nitrogens is 1. The number of ether oxygens (including phenoxy) is 2. The van der Waals surface area contributed by atoms with Gasteiger partial charge in [-0.2, -0.15) is 0 Å². The lowest BCUT2D eigenvalue weighted by Crippen LogP contribution is -2.50. The van der Waals surface area contributed by atoms with Gasteiger partial charge in [0, 0.05) is 25.1 Å². The maximum Gasteiger partial charge on any atom is 0.419 e. The minimum Gasteiger partial charge on any atom is -0.479 e. The van der Waals surface area contributed by atoms with E-state index >= 15 is 0 Å². The Morgan fingerprint density at radius 3 is 2.15 bits per heavy atom. The van der Waals surface area contributed by atoms with E-state index in [1.807, 2.05) is 0 Å². The molecule has 0 radical (unpaired) electrons. The van der Waals surface area contributed by atoms with Crippen LogP contribution in [0.3, 0.4) is 0 Å². The molecule has 1 heterocycles. The van der Waals surface area contributed by atoms with Crippen molar-refractivity contribution < 1.29 is 34.1 Å². The smallest absolute Gasteiger partial charge is 0.419 e. The molecule has 140 valence electrons. The second-order valence-electron chi connectivity index (χ2n) is 6.84. The molecule has 2 rings (SSSR count). The minimum atomic E-state index is -2.46. The zero-order valence-corrected chi connectivity index (χ0v) is 15.0. The Labute approximate surface area is 149 Å². The van der Waals surface area contributed by atoms with Crippen molar-refractivity contribution >= 4 is 28.9 Å². The van der Waals surface area contributed by atoms with Crippen molar-refractivity contribution in [3.05, 3.63) is 36.0 Å². The van der Waals surface area contributed by atoms with Gasteiger partial charge in [0.25, 0.3) is 5.60 Å². The van der Waals surface area contributed by atoms with Gasteiger partial charge in [0.05, 0.1) is 5.52 Å². The van der Waals surface area contributed by atoms with Crippen LogP contribution >= 0.6 is 0 Å².